The van der Waals surface area contributed by atoms with Gasteiger partial charge in [-0.25, -0.2) is 8.78 Å². The average molecular weight is 570 g/mol. The first-order valence-corrected chi connectivity index (χ1v) is 8.47. The minimum absolute atomic E-state index is 1.00. The molecule has 0 heterocycles. The van der Waals surface area contributed by atoms with Crippen LogP contribution in [-0.4, -0.2) is 61.7 Å². The van der Waals surface area contributed by atoms with Crippen molar-refractivity contribution in [1.29, 1.82) is 0 Å². The minimum Gasteiger partial charge on any atom is -0.332 e. The second-order valence-electron chi connectivity index (χ2n) is 5.59. The smallest absolute Gasteiger partial charge is 0.332 e. The van der Waals surface area contributed by atoms with Crippen molar-refractivity contribution in [2.45, 2.75) is 53.4 Å². The fraction of sp³-hybridized carbons (Fsp3) is 1.00. The topological polar surface area (TPSA) is 9.23 Å². The van der Waals surface area contributed by atoms with Crippen LogP contribution in [0.5, 0.6) is 0 Å². The van der Waals surface area contributed by atoms with E-state index in [0.717, 1.165) is 4.43 Å². The van der Waals surface area contributed by atoms with Gasteiger partial charge in [-0.1, -0.05) is 0 Å². The maximum absolute atomic E-state index is 13.7. The molecule has 0 rings (SSSR count). The summed E-state index contributed by atoms with van der Waals surface area (Å²) in [5.74, 6) is -44.1. The van der Waals surface area contributed by atoms with Crippen molar-refractivity contribution < 1.29 is 101 Å². The molecular weight excluding hydrogens is 570 g/mol. The first kappa shape index (κ1) is 31.6. The van der Waals surface area contributed by atoms with E-state index in [1.54, 1.807) is 0 Å². The van der Waals surface area contributed by atoms with Crippen LogP contribution >= 0.6 is 0 Å². The third kappa shape index (κ3) is 4.28. The lowest BCUT2D eigenvalue weighted by Crippen LogP contribution is -2.84. The average Bonchev–Trinajstić information content (AvgIpc) is 2.46. The second-order valence-corrected chi connectivity index (χ2v) is 8.92. The molecule has 0 aliphatic heterocycles. The molecule has 0 aromatic heterocycles. The molecule has 0 unspecified atom stereocenters. The van der Waals surface area contributed by atoms with Crippen molar-refractivity contribution in [2.75, 3.05) is 0 Å². The molecule has 0 saturated carbocycles. The van der Waals surface area contributed by atoms with Gasteiger partial charge in [0.2, 0.25) is 0 Å². The summed E-state index contributed by atoms with van der Waals surface area (Å²) in [4.78, 5) is 0. The van der Waals surface area contributed by atoms with Gasteiger partial charge in [0, 0.05) is 0 Å². The lowest BCUT2D eigenvalue weighted by atomic mass is 10.0. The molecule has 0 aromatic rings. The molecule has 0 saturated heterocycles. The van der Waals surface area contributed by atoms with E-state index < -0.39 is 61.7 Å². The molecule has 33 heavy (non-hydrogen) atoms. The van der Waals surface area contributed by atoms with E-state index in [0.29, 0.717) is 0 Å². The molecule has 0 aliphatic carbocycles. The standard InChI is InChI=1S/C9F22OSi/c10-1(11,2(12,13)4(16,17)18)3(14,15)7(24,25)33(8(26,27)28,9(29,30)31)32-6(22,23)5(19,20)21. The van der Waals surface area contributed by atoms with Crippen LogP contribution in [0.3, 0.4) is 0 Å². The van der Waals surface area contributed by atoms with Gasteiger partial charge in [-0.15, -0.1) is 0 Å². The third-order valence-corrected chi connectivity index (χ3v) is 6.75. The zero-order valence-corrected chi connectivity index (χ0v) is 14.7. The summed E-state index contributed by atoms with van der Waals surface area (Å²) >= 11 is 0. The Kier molecular flexibility index (Phi) is 7.25. The Hall–Kier alpha value is -1.36. The summed E-state index contributed by atoms with van der Waals surface area (Å²) in [6.07, 6.45) is -24.1. The monoisotopic (exact) mass is 570 g/mol. The van der Waals surface area contributed by atoms with Crippen LogP contribution in [0.4, 0.5) is 96.6 Å². The molecule has 0 aliphatic rings. The van der Waals surface area contributed by atoms with E-state index in [1.807, 2.05) is 0 Å². The first-order valence-electron chi connectivity index (χ1n) is 6.57. The van der Waals surface area contributed by atoms with E-state index in [1.165, 1.54) is 0 Å². The van der Waals surface area contributed by atoms with E-state index in [9.17, 15) is 96.6 Å². The quantitative estimate of drug-likeness (QED) is 0.248. The Morgan fingerprint density at radius 3 is 0.879 bits per heavy atom. The summed E-state index contributed by atoms with van der Waals surface area (Å²) in [5, 5.41) is 0. The van der Waals surface area contributed by atoms with Gasteiger partial charge in [-0.05, 0) is 0 Å². The summed E-state index contributed by atoms with van der Waals surface area (Å²) in [6, 6.07) is 0. The number of hydrogen-bond acceptors (Lipinski definition) is 1. The highest BCUT2D eigenvalue weighted by Crippen LogP contribution is 2.64. The van der Waals surface area contributed by atoms with Crippen LogP contribution in [0.25, 0.3) is 0 Å². The van der Waals surface area contributed by atoms with Gasteiger partial charge in [0.1, 0.15) is 0 Å². The predicted octanol–water partition coefficient (Wildman–Crippen LogP) is 6.95. The Morgan fingerprint density at radius 1 is 0.364 bits per heavy atom. The summed E-state index contributed by atoms with van der Waals surface area (Å²) in [7, 11) is -11.3. The van der Waals surface area contributed by atoms with E-state index in [-0.39, 0.29) is 0 Å². The Bertz CT molecular complexity index is 689. The molecule has 24 heteroatoms. The van der Waals surface area contributed by atoms with E-state index in [4.69, 9.17) is 0 Å². The summed E-state index contributed by atoms with van der Waals surface area (Å²) < 4.78 is 280. The van der Waals surface area contributed by atoms with Gasteiger partial charge < -0.3 is 4.43 Å². The van der Waals surface area contributed by atoms with Crippen molar-refractivity contribution in [3.63, 3.8) is 0 Å². The van der Waals surface area contributed by atoms with Crippen LogP contribution in [0.15, 0.2) is 0 Å². The number of hydrogen-bond donors (Lipinski definition) is 0. The molecule has 200 valence electrons. The maximum Gasteiger partial charge on any atom is 0.518 e. The first-order chi connectivity index (χ1) is 13.7. The Balaban J connectivity index is 7.60. The molecule has 0 atom stereocenters. The third-order valence-electron chi connectivity index (χ3n) is 3.39. The van der Waals surface area contributed by atoms with Crippen molar-refractivity contribution in [3.05, 3.63) is 0 Å². The SMILES string of the molecule is FC(F)(F)C(F)(F)O[Si](C(F)(F)F)(C(F)(F)F)C(F)(F)C(F)(F)C(F)(F)C(F)(F)C(F)(F)F. The predicted molar refractivity (Wildman–Crippen MR) is 55.8 cm³/mol. The highest BCUT2D eigenvalue weighted by Gasteiger charge is 3.01. The van der Waals surface area contributed by atoms with Crippen LogP contribution in [0.2, 0.25) is 0 Å². The van der Waals surface area contributed by atoms with Crippen LogP contribution in [0, 0.1) is 0 Å². The summed E-state index contributed by atoms with van der Waals surface area (Å²) in [6.45, 7) is 0. The molecule has 0 radical (unpaired) electrons. The molecular formula is C9F22OSi. The fourth-order valence-corrected chi connectivity index (χ4v) is 4.23. The molecule has 1 nitrogen and oxygen atoms in total. The number of alkyl halides is 22. The molecule has 0 aromatic carbocycles. The summed E-state index contributed by atoms with van der Waals surface area (Å²) in [5.41, 5.74) is -9.32. The van der Waals surface area contributed by atoms with Crippen LogP contribution in [-0.2, 0) is 4.43 Å². The lowest BCUT2D eigenvalue weighted by molar-refractivity contribution is -0.422. The van der Waals surface area contributed by atoms with Gasteiger partial charge in [-0.2, -0.15) is 87.8 Å². The zero-order chi connectivity index (χ0) is 27.7. The molecule has 0 N–H and O–H groups in total. The van der Waals surface area contributed by atoms with Crippen molar-refractivity contribution in [1.82, 2.24) is 0 Å². The van der Waals surface area contributed by atoms with Gasteiger partial charge >= 0.3 is 61.7 Å². The Morgan fingerprint density at radius 2 is 0.667 bits per heavy atom. The molecule has 0 fully saturated rings. The molecule has 0 spiro atoms. The van der Waals surface area contributed by atoms with Crippen molar-refractivity contribution in [3.8, 4) is 0 Å². The second kappa shape index (κ2) is 7.57. The lowest BCUT2D eigenvalue weighted by Gasteiger charge is -2.45. The minimum atomic E-state index is -11.3. The fourth-order valence-electron chi connectivity index (χ4n) is 1.74. The van der Waals surface area contributed by atoms with Crippen LogP contribution in [0.1, 0.15) is 0 Å². The largest absolute Gasteiger partial charge is 0.518 e. The Labute approximate surface area is 164 Å². The normalized spacial score (nSPS) is 16.9. The van der Waals surface area contributed by atoms with Gasteiger partial charge in [-0.3, -0.25) is 0 Å². The van der Waals surface area contributed by atoms with Gasteiger partial charge in [0.15, 0.2) is 0 Å². The number of halogens is 22. The molecule has 0 amide bonds. The van der Waals surface area contributed by atoms with Gasteiger partial charge in [0.25, 0.3) is 0 Å². The van der Waals surface area contributed by atoms with E-state index in [2.05, 4.69) is 0 Å². The molecule has 0 bridgehead atoms. The number of rotatable bonds is 6. The van der Waals surface area contributed by atoms with Gasteiger partial charge in [0.05, 0.1) is 0 Å². The van der Waals surface area contributed by atoms with Crippen molar-refractivity contribution in [2.24, 2.45) is 0 Å². The highest BCUT2D eigenvalue weighted by molar-refractivity contribution is 6.80. The van der Waals surface area contributed by atoms with Crippen LogP contribution < -0.4 is 0 Å². The van der Waals surface area contributed by atoms with Crippen molar-refractivity contribution >= 4 is 8.32 Å². The zero-order valence-electron chi connectivity index (χ0n) is 13.7. The maximum atomic E-state index is 13.7. The highest BCUT2D eigenvalue weighted by atomic mass is 28.4. The van der Waals surface area contributed by atoms with E-state index >= 15 is 0 Å².